The van der Waals surface area contributed by atoms with Crippen molar-refractivity contribution >= 4 is 0 Å². The quantitative estimate of drug-likeness (QED) is 0.567. The summed E-state index contributed by atoms with van der Waals surface area (Å²) in [5.41, 5.74) is 0. The average Bonchev–Trinajstić information content (AvgIpc) is 2.08. The van der Waals surface area contributed by atoms with E-state index in [1.54, 1.807) is 0 Å². The topological polar surface area (TPSA) is 12.0 Å². The molecule has 1 nitrogen and oxygen atoms in total. The predicted molar refractivity (Wildman–Crippen MR) is 49.8 cm³/mol. The molecule has 0 saturated carbocycles. The molecule has 0 spiro atoms. The Morgan fingerprint density at radius 3 is 1.27 bits per heavy atom. The molecule has 0 unspecified atom stereocenters. The van der Waals surface area contributed by atoms with Crippen molar-refractivity contribution in [2.75, 3.05) is 13.1 Å². The molecule has 1 N–H and O–H groups in total. The molecule has 0 atom stereocenters. The van der Waals surface area contributed by atoms with E-state index in [1.165, 1.54) is 64.5 Å². The third kappa shape index (κ3) is 5.25. The molecular formula is C10H21N. The lowest BCUT2D eigenvalue weighted by atomic mass is 10.1. The summed E-state index contributed by atoms with van der Waals surface area (Å²) in [6, 6.07) is 0. The molecule has 1 rings (SSSR count). The molecule has 11 heavy (non-hydrogen) atoms. The minimum atomic E-state index is 1.25. The fourth-order valence-corrected chi connectivity index (χ4v) is 1.69. The van der Waals surface area contributed by atoms with E-state index in [2.05, 4.69) is 5.32 Å². The maximum atomic E-state index is 3.48. The molecule has 1 heterocycles. The van der Waals surface area contributed by atoms with Gasteiger partial charge in [0.15, 0.2) is 0 Å². The van der Waals surface area contributed by atoms with Gasteiger partial charge in [-0.3, -0.25) is 0 Å². The Bertz CT molecular complexity index is 42.9. The van der Waals surface area contributed by atoms with Crippen LogP contribution in [0.1, 0.15) is 51.4 Å². The molecule has 66 valence electrons. The molecule has 1 aliphatic rings. The maximum Gasteiger partial charge on any atom is -0.00489 e. The van der Waals surface area contributed by atoms with Crippen molar-refractivity contribution in [2.45, 2.75) is 51.4 Å². The second kappa shape index (κ2) is 6.66. The van der Waals surface area contributed by atoms with E-state index in [9.17, 15) is 0 Å². The normalized spacial score (nSPS) is 24.0. The molecule has 1 saturated heterocycles. The Hall–Kier alpha value is -0.0400. The van der Waals surface area contributed by atoms with Gasteiger partial charge in [-0.1, -0.05) is 38.5 Å². The van der Waals surface area contributed by atoms with Crippen LogP contribution in [-0.2, 0) is 0 Å². The highest BCUT2D eigenvalue weighted by Crippen LogP contribution is 2.08. The Morgan fingerprint density at radius 1 is 0.455 bits per heavy atom. The lowest BCUT2D eigenvalue weighted by Gasteiger charge is -2.01. The number of hydrogen-bond acceptors (Lipinski definition) is 1. The van der Waals surface area contributed by atoms with Crippen LogP contribution in [-0.4, -0.2) is 13.1 Å². The fraction of sp³-hybridized carbons (Fsp3) is 1.00. The summed E-state index contributed by atoms with van der Waals surface area (Å²) in [5.74, 6) is 0. The summed E-state index contributed by atoms with van der Waals surface area (Å²) in [6.07, 6.45) is 11.5. The second-order valence-electron chi connectivity index (χ2n) is 3.58. The van der Waals surface area contributed by atoms with E-state index in [1.807, 2.05) is 0 Å². The number of rotatable bonds is 0. The molecule has 0 aromatic heterocycles. The van der Waals surface area contributed by atoms with E-state index in [-0.39, 0.29) is 0 Å². The number of hydrogen-bond donors (Lipinski definition) is 1. The molecule has 0 amide bonds. The summed E-state index contributed by atoms with van der Waals surface area (Å²) >= 11 is 0. The van der Waals surface area contributed by atoms with Crippen LogP contribution in [0.25, 0.3) is 0 Å². The first-order valence-electron chi connectivity index (χ1n) is 5.21. The van der Waals surface area contributed by atoms with Crippen molar-refractivity contribution in [3.63, 3.8) is 0 Å². The lowest BCUT2D eigenvalue weighted by Crippen LogP contribution is -2.16. The van der Waals surface area contributed by atoms with Crippen LogP contribution >= 0.6 is 0 Å². The van der Waals surface area contributed by atoms with Crippen LogP contribution < -0.4 is 5.32 Å². The van der Waals surface area contributed by atoms with Gasteiger partial charge in [-0.25, -0.2) is 0 Å². The summed E-state index contributed by atoms with van der Waals surface area (Å²) < 4.78 is 0. The highest BCUT2D eigenvalue weighted by Gasteiger charge is 1.95. The monoisotopic (exact) mass is 155 g/mol. The molecule has 0 radical (unpaired) electrons. The zero-order valence-electron chi connectivity index (χ0n) is 7.57. The molecule has 1 aliphatic heterocycles. The number of nitrogens with one attached hydrogen (secondary N) is 1. The zero-order chi connectivity index (χ0) is 7.78. The molecule has 0 aromatic rings. The molecular weight excluding hydrogens is 134 g/mol. The highest BCUT2D eigenvalue weighted by molar-refractivity contribution is 4.53. The fourth-order valence-electron chi connectivity index (χ4n) is 1.69. The Labute approximate surface area is 70.6 Å². The standard InChI is InChI=1S/C10H21N/c1-2-4-6-8-10-11-9-7-5-3-1/h11H,1-10H2. The Morgan fingerprint density at radius 2 is 0.818 bits per heavy atom. The SMILES string of the molecule is C1CCCCCNCCCC1. The lowest BCUT2D eigenvalue weighted by molar-refractivity contribution is 0.591. The van der Waals surface area contributed by atoms with Gasteiger partial charge in [-0.15, -0.1) is 0 Å². The summed E-state index contributed by atoms with van der Waals surface area (Å²) in [5, 5.41) is 3.48. The largest absolute Gasteiger partial charge is 0.317 e. The van der Waals surface area contributed by atoms with E-state index >= 15 is 0 Å². The smallest absolute Gasteiger partial charge is 0.00489 e. The van der Waals surface area contributed by atoms with Gasteiger partial charge in [0.25, 0.3) is 0 Å². The Kier molecular flexibility index (Phi) is 5.48. The molecule has 0 aromatic carbocycles. The van der Waals surface area contributed by atoms with E-state index in [4.69, 9.17) is 0 Å². The van der Waals surface area contributed by atoms with Crippen LogP contribution in [0.4, 0.5) is 0 Å². The van der Waals surface area contributed by atoms with Gasteiger partial charge in [0.05, 0.1) is 0 Å². The minimum Gasteiger partial charge on any atom is -0.317 e. The summed E-state index contributed by atoms with van der Waals surface area (Å²) in [7, 11) is 0. The van der Waals surface area contributed by atoms with Gasteiger partial charge in [0.2, 0.25) is 0 Å². The van der Waals surface area contributed by atoms with Gasteiger partial charge in [0, 0.05) is 0 Å². The van der Waals surface area contributed by atoms with Crippen LogP contribution in [0.5, 0.6) is 0 Å². The second-order valence-corrected chi connectivity index (χ2v) is 3.58. The van der Waals surface area contributed by atoms with Crippen molar-refractivity contribution in [3.8, 4) is 0 Å². The zero-order valence-corrected chi connectivity index (χ0v) is 7.57. The van der Waals surface area contributed by atoms with Gasteiger partial charge in [-0.05, 0) is 25.9 Å². The van der Waals surface area contributed by atoms with Crippen molar-refractivity contribution in [1.29, 1.82) is 0 Å². The molecule has 1 fully saturated rings. The average molecular weight is 155 g/mol. The maximum absolute atomic E-state index is 3.48. The predicted octanol–water partition coefficient (Wildman–Crippen LogP) is 2.71. The Balaban J connectivity index is 2.02. The van der Waals surface area contributed by atoms with E-state index in [0.29, 0.717) is 0 Å². The summed E-state index contributed by atoms with van der Waals surface area (Å²) in [6.45, 7) is 2.50. The van der Waals surface area contributed by atoms with Gasteiger partial charge >= 0.3 is 0 Å². The van der Waals surface area contributed by atoms with Crippen molar-refractivity contribution in [3.05, 3.63) is 0 Å². The first-order valence-corrected chi connectivity index (χ1v) is 5.21. The first kappa shape index (κ1) is 9.05. The molecule has 0 aliphatic carbocycles. The third-order valence-electron chi connectivity index (χ3n) is 2.46. The van der Waals surface area contributed by atoms with E-state index in [0.717, 1.165) is 0 Å². The van der Waals surface area contributed by atoms with Crippen LogP contribution in [0.2, 0.25) is 0 Å². The van der Waals surface area contributed by atoms with Crippen LogP contribution in [0, 0.1) is 0 Å². The summed E-state index contributed by atoms with van der Waals surface area (Å²) in [4.78, 5) is 0. The third-order valence-corrected chi connectivity index (χ3v) is 2.46. The highest BCUT2D eigenvalue weighted by atomic mass is 14.8. The first-order chi connectivity index (χ1) is 5.50. The van der Waals surface area contributed by atoms with Crippen LogP contribution in [0.15, 0.2) is 0 Å². The van der Waals surface area contributed by atoms with Gasteiger partial charge in [0.1, 0.15) is 0 Å². The molecule has 1 heteroatoms. The molecule has 0 bridgehead atoms. The van der Waals surface area contributed by atoms with Crippen molar-refractivity contribution in [2.24, 2.45) is 0 Å². The van der Waals surface area contributed by atoms with Crippen molar-refractivity contribution < 1.29 is 0 Å². The van der Waals surface area contributed by atoms with E-state index < -0.39 is 0 Å². The van der Waals surface area contributed by atoms with Crippen LogP contribution in [0.3, 0.4) is 0 Å². The van der Waals surface area contributed by atoms with Gasteiger partial charge < -0.3 is 5.32 Å². The van der Waals surface area contributed by atoms with Crippen molar-refractivity contribution in [1.82, 2.24) is 5.32 Å². The van der Waals surface area contributed by atoms with Gasteiger partial charge in [-0.2, -0.15) is 0 Å². The minimum absolute atomic E-state index is 1.25.